The van der Waals surface area contributed by atoms with E-state index in [1.807, 2.05) is 6.92 Å². The van der Waals surface area contributed by atoms with Gasteiger partial charge in [-0.2, -0.15) is 0 Å². The molecule has 1 aliphatic heterocycles. The van der Waals surface area contributed by atoms with E-state index >= 15 is 0 Å². The Morgan fingerprint density at radius 1 is 1.50 bits per heavy atom. The average Bonchev–Trinajstić information content (AvgIpc) is 2.27. The molecule has 1 atom stereocenters. The maximum atomic E-state index is 5.96. The van der Waals surface area contributed by atoms with Crippen LogP contribution in [0.15, 0.2) is 6.07 Å². The highest BCUT2D eigenvalue weighted by Gasteiger charge is 2.30. The molecule has 0 saturated carbocycles. The molecule has 5 heteroatoms. The van der Waals surface area contributed by atoms with Crippen LogP contribution in [0.3, 0.4) is 0 Å². The predicted octanol–water partition coefficient (Wildman–Crippen LogP) is 2.44. The van der Waals surface area contributed by atoms with Crippen molar-refractivity contribution in [3.05, 3.63) is 22.7 Å². The van der Waals surface area contributed by atoms with E-state index < -0.39 is 0 Å². The molecule has 100 valence electrons. The van der Waals surface area contributed by atoms with Crippen LogP contribution in [-0.2, 0) is 11.3 Å². The van der Waals surface area contributed by atoms with Crippen LogP contribution in [0, 0.1) is 6.92 Å². The highest BCUT2D eigenvalue weighted by atomic mass is 35.5. The molecule has 0 N–H and O–H groups in total. The fourth-order valence-corrected chi connectivity index (χ4v) is 2.72. The van der Waals surface area contributed by atoms with E-state index in [4.69, 9.17) is 16.3 Å². The molecule has 0 radical (unpaired) electrons. The molecule has 1 aromatic rings. The maximum absolute atomic E-state index is 5.96. The van der Waals surface area contributed by atoms with Crippen molar-refractivity contribution >= 4 is 11.6 Å². The summed E-state index contributed by atoms with van der Waals surface area (Å²) < 4.78 is 5.59. The zero-order chi connectivity index (χ0) is 13.2. The second-order valence-electron chi connectivity index (χ2n) is 5.22. The van der Waals surface area contributed by atoms with E-state index in [9.17, 15) is 0 Å². The summed E-state index contributed by atoms with van der Waals surface area (Å²) in [6.45, 7) is 6.81. The number of rotatable bonds is 3. The molecule has 1 aromatic heterocycles. The molecule has 0 spiro atoms. The Morgan fingerprint density at radius 3 is 2.94 bits per heavy atom. The van der Waals surface area contributed by atoms with Gasteiger partial charge in [0.2, 0.25) is 0 Å². The number of nitrogens with zero attached hydrogens (tertiary/aromatic N) is 3. The van der Waals surface area contributed by atoms with Crippen molar-refractivity contribution in [2.75, 3.05) is 20.2 Å². The molecule has 0 aromatic carbocycles. The second-order valence-corrected chi connectivity index (χ2v) is 5.60. The molecule has 1 unspecified atom stereocenters. The fourth-order valence-electron chi connectivity index (χ4n) is 2.47. The first-order valence-electron chi connectivity index (χ1n) is 6.28. The summed E-state index contributed by atoms with van der Waals surface area (Å²) in [4.78, 5) is 11.0. The standard InChI is InChI=1S/C13H20ClN3O/c1-10-7-11(14)16-12(15-10)8-17-6-4-5-13(2,9-17)18-3/h7H,4-6,8-9H2,1-3H3. The summed E-state index contributed by atoms with van der Waals surface area (Å²) in [6.07, 6.45) is 2.25. The number of piperidine rings is 1. The fraction of sp³-hybridized carbons (Fsp3) is 0.692. The van der Waals surface area contributed by atoms with Gasteiger partial charge in [-0.25, -0.2) is 9.97 Å². The third-order valence-electron chi connectivity index (χ3n) is 3.47. The van der Waals surface area contributed by atoms with Gasteiger partial charge in [-0.3, -0.25) is 4.90 Å². The average molecular weight is 270 g/mol. The van der Waals surface area contributed by atoms with Crippen molar-refractivity contribution in [2.24, 2.45) is 0 Å². The lowest BCUT2D eigenvalue weighted by Gasteiger charge is -2.39. The molecule has 1 saturated heterocycles. The van der Waals surface area contributed by atoms with Crippen molar-refractivity contribution in [1.29, 1.82) is 0 Å². The maximum Gasteiger partial charge on any atom is 0.144 e. The molecule has 0 bridgehead atoms. The third-order valence-corrected chi connectivity index (χ3v) is 3.66. The van der Waals surface area contributed by atoms with Crippen LogP contribution in [-0.4, -0.2) is 40.7 Å². The number of hydrogen-bond acceptors (Lipinski definition) is 4. The summed E-state index contributed by atoms with van der Waals surface area (Å²) in [5, 5.41) is 0.518. The van der Waals surface area contributed by atoms with Gasteiger partial charge < -0.3 is 4.74 Å². The molecule has 2 heterocycles. The summed E-state index contributed by atoms with van der Waals surface area (Å²) in [7, 11) is 1.78. The Morgan fingerprint density at radius 2 is 2.28 bits per heavy atom. The number of methoxy groups -OCH3 is 1. The largest absolute Gasteiger partial charge is 0.377 e. The Kier molecular flexibility index (Phi) is 4.20. The third kappa shape index (κ3) is 3.40. The Hall–Kier alpha value is -0.710. The van der Waals surface area contributed by atoms with Gasteiger partial charge in [0.15, 0.2) is 0 Å². The molecule has 1 aliphatic rings. The van der Waals surface area contributed by atoms with Crippen LogP contribution in [0.1, 0.15) is 31.3 Å². The van der Waals surface area contributed by atoms with Crippen LogP contribution in [0.25, 0.3) is 0 Å². The summed E-state index contributed by atoms with van der Waals surface area (Å²) in [5.74, 6) is 0.792. The zero-order valence-electron chi connectivity index (χ0n) is 11.2. The number of likely N-dealkylation sites (tertiary alicyclic amines) is 1. The van der Waals surface area contributed by atoms with Gasteiger partial charge in [-0.05, 0) is 39.3 Å². The quantitative estimate of drug-likeness (QED) is 0.790. The molecular formula is C13H20ClN3O. The minimum atomic E-state index is -0.0497. The molecule has 0 aliphatic carbocycles. The first-order valence-corrected chi connectivity index (χ1v) is 6.66. The summed E-state index contributed by atoms with van der Waals surface area (Å²) >= 11 is 5.96. The lowest BCUT2D eigenvalue weighted by molar-refractivity contribution is -0.0532. The van der Waals surface area contributed by atoms with Gasteiger partial charge in [0.25, 0.3) is 0 Å². The van der Waals surface area contributed by atoms with E-state index in [-0.39, 0.29) is 5.60 Å². The van der Waals surface area contributed by atoms with Crippen LogP contribution in [0.2, 0.25) is 5.15 Å². The Labute approximate surface area is 113 Å². The molecule has 1 fully saturated rings. The van der Waals surface area contributed by atoms with Crippen LogP contribution in [0.4, 0.5) is 0 Å². The first-order chi connectivity index (χ1) is 8.50. The van der Waals surface area contributed by atoms with Gasteiger partial charge in [0.05, 0.1) is 12.1 Å². The number of hydrogen-bond donors (Lipinski definition) is 0. The monoisotopic (exact) mass is 269 g/mol. The number of aryl methyl sites for hydroxylation is 1. The van der Waals surface area contributed by atoms with Gasteiger partial charge >= 0.3 is 0 Å². The van der Waals surface area contributed by atoms with Crippen molar-refractivity contribution in [1.82, 2.24) is 14.9 Å². The minimum absolute atomic E-state index is 0.0497. The Bertz CT molecular complexity index is 406. The lowest BCUT2D eigenvalue weighted by Crippen LogP contribution is -2.47. The zero-order valence-corrected chi connectivity index (χ0v) is 12.0. The van der Waals surface area contributed by atoms with E-state index in [0.29, 0.717) is 5.15 Å². The van der Waals surface area contributed by atoms with Crippen molar-refractivity contribution in [2.45, 2.75) is 38.8 Å². The van der Waals surface area contributed by atoms with Gasteiger partial charge in [-0.15, -0.1) is 0 Å². The lowest BCUT2D eigenvalue weighted by atomic mass is 9.95. The summed E-state index contributed by atoms with van der Waals surface area (Å²) in [6, 6.07) is 1.78. The molecule has 4 nitrogen and oxygen atoms in total. The molecule has 2 rings (SSSR count). The van der Waals surface area contributed by atoms with Crippen molar-refractivity contribution in [3.8, 4) is 0 Å². The minimum Gasteiger partial charge on any atom is -0.377 e. The normalized spacial score (nSPS) is 25.3. The van der Waals surface area contributed by atoms with E-state index in [1.165, 1.54) is 0 Å². The van der Waals surface area contributed by atoms with E-state index in [1.54, 1.807) is 13.2 Å². The Balaban J connectivity index is 2.04. The van der Waals surface area contributed by atoms with Gasteiger partial charge in [-0.1, -0.05) is 11.6 Å². The van der Waals surface area contributed by atoms with Gasteiger partial charge in [0.1, 0.15) is 11.0 Å². The van der Waals surface area contributed by atoms with Crippen LogP contribution >= 0.6 is 11.6 Å². The smallest absolute Gasteiger partial charge is 0.144 e. The molecule has 18 heavy (non-hydrogen) atoms. The SMILES string of the molecule is COC1(C)CCCN(Cc2nc(C)cc(Cl)n2)C1. The first kappa shape index (κ1) is 13.7. The van der Waals surface area contributed by atoms with Gasteiger partial charge in [0, 0.05) is 19.3 Å². The predicted molar refractivity (Wildman–Crippen MR) is 71.7 cm³/mol. The van der Waals surface area contributed by atoms with Crippen LogP contribution in [0.5, 0.6) is 0 Å². The number of aromatic nitrogens is 2. The highest BCUT2D eigenvalue weighted by Crippen LogP contribution is 2.24. The topological polar surface area (TPSA) is 38.2 Å². The highest BCUT2D eigenvalue weighted by molar-refractivity contribution is 6.29. The summed E-state index contributed by atoms with van der Waals surface area (Å²) in [5.41, 5.74) is 0.864. The second kappa shape index (κ2) is 5.51. The number of ether oxygens (including phenoxy) is 1. The van der Waals surface area contributed by atoms with Crippen molar-refractivity contribution in [3.63, 3.8) is 0 Å². The van der Waals surface area contributed by atoms with Crippen molar-refractivity contribution < 1.29 is 4.74 Å². The van der Waals surface area contributed by atoms with E-state index in [2.05, 4.69) is 21.8 Å². The molecular weight excluding hydrogens is 250 g/mol. The van der Waals surface area contributed by atoms with E-state index in [0.717, 1.165) is 44.0 Å². The molecule has 0 amide bonds. The van der Waals surface area contributed by atoms with Crippen LogP contribution < -0.4 is 0 Å². The number of halogens is 1.